The molecule has 3 heterocycles. The molecule has 0 bridgehead atoms. The molecule has 0 saturated heterocycles. The fraction of sp³-hybridized carbons (Fsp3) is 0.346. The molecule has 206 valence electrons. The van der Waals surface area contributed by atoms with Crippen LogP contribution in [-0.2, 0) is 27.5 Å². The van der Waals surface area contributed by atoms with Crippen LogP contribution in [0.4, 0.5) is 0 Å². The smallest absolute Gasteiger partial charge is 0.335 e. The van der Waals surface area contributed by atoms with Gasteiger partial charge in [-0.15, -0.1) is 0 Å². The van der Waals surface area contributed by atoms with Gasteiger partial charge in [-0.05, 0) is 49.4 Å². The Hall–Kier alpha value is -3.25. The molecule has 39 heavy (non-hydrogen) atoms. The van der Waals surface area contributed by atoms with Crippen LogP contribution in [0.25, 0.3) is 28.4 Å². The molecule has 0 amide bonds. The van der Waals surface area contributed by atoms with Gasteiger partial charge in [-0.25, -0.2) is 14.3 Å². The Balaban J connectivity index is 2.02. The molecule has 0 fully saturated rings. The Labute approximate surface area is 235 Å². The predicted octanol–water partition coefficient (Wildman–Crippen LogP) is 4.59. The molecule has 0 spiro atoms. The second kappa shape index (κ2) is 11.9. The molecule has 4 rings (SSSR count). The molecule has 0 atom stereocenters. The van der Waals surface area contributed by atoms with Crippen LogP contribution in [0.5, 0.6) is 0 Å². The first kappa shape index (κ1) is 28.7. The first-order valence-electron chi connectivity index (χ1n) is 12.4. The van der Waals surface area contributed by atoms with E-state index in [1.54, 1.807) is 54.1 Å². The number of nitrogens with zero attached hydrogens (tertiary/aromatic N) is 5. The van der Waals surface area contributed by atoms with Crippen LogP contribution in [0.2, 0.25) is 35.7 Å². The van der Waals surface area contributed by atoms with Gasteiger partial charge in [0.25, 0.3) is 5.56 Å². The van der Waals surface area contributed by atoms with Crippen LogP contribution in [0.15, 0.2) is 52.2 Å². The molecule has 0 N–H and O–H groups in total. The maximum Gasteiger partial charge on any atom is 0.335 e. The molecule has 0 unspecified atom stereocenters. The highest BCUT2D eigenvalue weighted by Crippen LogP contribution is 2.30. The summed E-state index contributed by atoms with van der Waals surface area (Å²) in [4.78, 5) is 48.9. The number of aromatic nitrogens is 5. The van der Waals surface area contributed by atoms with Crippen LogP contribution in [0.3, 0.4) is 0 Å². The quantitative estimate of drug-likeness (QED) is 0.151. The SMILES string of the molecule is CCOC(=O)Cn1c(=O)c2c(nc(-c3ncccc3Cl)n2-c2ccc(Cl)cc2)n(COCC[Si](C)(C)C)c1=O. The molecule has 3 aromatic heterocycles. The summed E-state index contributed by atoms with van der Waals surface area (Å²) in [5, 5.41) is 0.795. The Bertz CT molecular complexity index is 1620. The van der Waals surface area contributed by atoms with E-state index >= 15 is 0 Å². The van der Waals surface area contributed by atoms with Gasteiger partial charge in [0.1, 0.15) is 19.0 Å². The molecule has 0 aliphatic heterocycles. The summed E-state index contributed by atoms with van der Waals surface area (Å²) in [5.74, 6) is -0.480. The second-order valence-electron chi connectivity index (χ2n) is 10.0. The summed E-state index contributed by atoms with van der Waals surface area (Å²) >= 11 is 12.6. The van der Waals surface area contributed by atoms with Crippen molar-refractivity contribution in [2.45, 2.75) is 45.9 Å². The van der Waals surface area contributed by atoms with Gasteiger partial charge in [0, 0.05) is 31.6 Å². The minimum Gasteiger partial charge on any atom is -0.465 e. The summed E-state index contributed by atoms with van der Waals surface area (Å²) < 4.78 is 14.5. The standard InChI is InChI=1S/C26H29Cl2N5O5Si/c1-5-38-20(34)15-31-25(35)22-24(32(26(31)36)16-37-13-14-39(2,3)4)30-23(21-19(28)7-6-12-29-21)33(22)18-10-8-17(27)9-11-18/h6-12H,5,13-16H2,1-4H3. The lowest BCUT2D eigenvalue weighted by Gasteiger charge is -2.16. The van der Waals surface area contributed by atoms with Gasteiger partial charge in [-0.1, -0.05) is 42.8 Å². The highest BCUT2D eigenvalue weighted by molar-refractivity contribution is 6.76. The van der Waals surface area contributed by atoms with Gasteiger partial charge < -0.3 is 9.47 Å². The van der Waals surface area contributed by atoms with Gasteiger partial charge >= 0.3 is 11.7 Å². The lowest BCUT2D eigenvalue weighted by Crippen LogP contribution is -2.43. The number of pyridine rings is 1. The molecule has 0 saturated carbocycles. The Kier molecular flexibility index (Phi) is 8.75. The number of halogens is 2. The molecule has 4 aromatic rings. The Morgan fingerprint density at radius 1 is 1.05 bits per heavy atom. The summed E-state index contributed by atoms with van der Waals surface area (Å²) in [6.45, 7) is 8.10. The summed E-state index contributed by atoms with van der Waals surface area (Å²) in [5.41, 5.74) is -0.504. The molecule has 0 radical (unpaired) electrons. The molecular weight excluding hydrogens is 561 g/mol. The van der Waals surface area contributed by atoms with E-state index < -0.39 is 31.8 Å². The lowest BCUT2D eigenvalue weighted by molar-refractivity contribution is -0.143. The number of hydrogen-bond acceptors (Lipinski definition) is 7. The van der Waals surface area contributed by atoms with Crippen molar-refractivity contribution in [3.05, 3.63) is 73.5 Å². The highest BCUT2D eigenvalue weighted by atomic mass is 35.5. The van der Waals surface area contributed by atoms with Crippen molar-refractivity contribution in [3.8, 4) is 17.2 Å². The van der Waals surface area contributed by atoms with E-state index in [2.05, 4.69) is 24.6 Å². The van der Waals surface area contributed by atoms with Crippen LogP contribution in [0, 0.1) is 0 Å². The normalized spacial score (nSPS) is 11.7. The van der Waals surface area contributed by atoms with E-state index in [9.17, 15) is 14.4 Å². The topological polar surface area (TPSA) is 110 Å². The van der Waals surface area contributed by atoms with Crippen molar-refractivity contribution in [3.63, 3.8) is 0 Å². The maximum absolute atomic E-state index is 13.9. The van der Waals surface area contributed by atoms with Crippen molar-refractivity contribution in [2.75, 3.05) is 13.2 Å². The minimum absolute atomic E-state index is 0.0479. The van der Waals surface area contributed by atoms with E-state index in [4.69, 9.17) is 37.7 Å². The third-order valence-corrected chi connectivity index (χ3v) is 8.15. The summed E-state index contributed by atoms with van der Waals surface area (Å²) in [7, 11) is -1.40. The number of imidazole rings is 1. The van der Waals surface area contributed by atoms with E-state index in [0.717, 1.165) is 10.6 Å². The van der Waals surface area contributed by atoms with Gasteiger partial charge in [-0.3, -0.25) is 23.7 Å². The van der Waals surface area contributed by atoms with E-state index in [1.807, 2.05) is 0 Å². The average molecular weight is 591 g/mol. The van der Waals surface area contributed by atoms with Gasteiger partial charge in [0.05, 0.1) is 11.6 Å². The molecule has 1 aromatic carbocycles. The van der Waals surface area contributed by atoms with Gasteiger partial charge in [-0.2, -0.15) is 0 Å². The van der Waals surface area contributed by atoms with E-state index in [-0.39, 0.29) is 30.3 Å². The van der Waals surface area contributed by atoms with Gasteiger partial charge in [0.2, 0.25) is 0 Å². The van der Waals surface area contributed by atoms with Crippen molar-refractivity contribution in [1.82, 2.24) is 23.7 Å². The molecular formula is C26H29Cl2N5O5Si. The molecule has 0 aliphatic carbocycles. The maximum atomic E-state index is 13.9. The third-order valence-electron chi connectivity index (χ3n) is 5.89. The zero-order valence-electron chi connectivity index (χ0n) is 22.1. The number of esters is 1. The first-order valence-corrected chi connectivity index (χ1v) is 16.8. The average Bonchev–Trinajstić information content (AvgIpc) is 3.26. The Morgan fingerprint density at radius 2 is 1.77 bits per heavy atom. The van der Waals surface area contributed by atoms with Crippen LogP contribution in [-0.4, -0.2) is 50.9 Å². The van der Waals surface area contributed by atoms with Crippen molar-refractivity contribution in [1.29, 1.82) is 0 Å². The molecule has 10 nitrogen and oxygen atoms in total. The monoisotopic (exact) mass is 589 g/mol. The summed E-state index contributed by atoms with van der Waals surface area (Å²) in [6, 6.07) is 11.0. The number of carbonyl (C=O) groups excluding carboxylic acids is 1. The highest BCUT2D eigenvalue weighted by Gasteiger charge is 2.26. The fourth-order valence-corrected chi connectivity index (χ4v) is 5.00. The van der Waals surface area contributed by atoms with Crippen LogP contribution < -0.4 is 11.2 Å². The van der Waals surface area contributed by atoms with Crippen LogP contribution in [0.1, 0.15) is 6.92 Å². The zero-order valence-corrected chi connectivity index (χ0v) is 24.6. The van der Waals surface area contributed by atoms with E-state index in [0.29, 0.717) is 28.0 Å². The van der Waals surface area contributed by atoms with Gasteiger partial charge in [0.15, 0.2) is 17.0 Å². The van der Waals surface area contributed by atoms with Crippen molar-refractivity contribution in [2.24, 2.45) is 0 Å². The lowest BCUT2D eigenvalue weighted by atomic mass is 10.3. The summed E-state index contributed by atoms with van der Waals surface area (Å²) in [6.07, 6.45) is 1.55. The first-order chi connectivity index (χ1) is 18.5. The number of hydrogen-bond donors (Lipinski definition) is 0. The van der Waals surface area contributed by atoms with Crippen LogP contribution >= 0.6 is 23.2 Å². The number of benzene rings is 1. The molecule has 0 aliphatic rings. The number of carbonyl (C=O) groups is 1. The number of fused-ring (bicyclic) bond motifs is 1. The second-order valence-corrected chi connectivity index (χ2v) is 16.5. The van der Waals surface area contributed by atoms with Crippen molar-refractivity contribution >= 4 is 48.4 Å². The fourth-order valence-electron chi connectivity index (χ4n) is 3.92. The van der Waals surface area contributed by atoms with E-state index in [1.165, 1.54) is 4.57 Å². The minimum atomic E-state index is -1.40. The number of ether oxygens (including phenoxy) is 2. The largest absolute Gasteiger partial charge is 0.465 e. The van der Waals surface area contributed by atoms with Crippen molar-refractivity contribution < 1.29 is 14.3 Å². The predicted molar refractivity (Wildman–Crippen MR) is 154 cm³/mol. The number of rotatable bonds is 10. The Morgan fingerprint density at radius 3 is 2.41 bits per heavy atom. The third kappa shape index (κ3) is 6.33. The zero-order chi connectivity index (χ0) is 28.3. The molecule has 13 heteroatoms.